The van der Waals surface area contributed by atoms with Crippen molar-refractivity contribution in [3.63, 3.8) is 0 Å². The Morgan fingerprint density at radius 2 is 2.17 bits per heavy atom. The van der Waals surface area contributed by atoms with Crippen LogP contribution in [-0.4, -0.2) is 42.5 Å². The molecule has 0 aromatic heterocycles. The van der Waals surface area contributed by atoms with E-state index in [9.17, 15) is 9.59 Å². The van der Waals surface area contributed by atoms with Gasteiger partial charge >= 0.3 is 5.97 Å². The van der Waals surface area contributed by atoms with Crippen LogP contribution in [0.25, 0.3) is 0 Å². The fourth-order valence-corrected chi connectivity index (χ4v) is 2.87. The van der Waals surface area contributed by atoms with E-state index < -0.39 is 6.10 Å². The summed E-state index contributed by atoms with van der Waals surface area (Å²) in [6.07, 6.45) is 2.59. The second kappa shape index (κ2) is 9.23. The molecule has 1 aromatic rings. The normalized spacial score (nSPS) is 19.3. The van der Waals surface area contributed by atoms with E-state index in [0.29, 0.717) is 13.1 Å². The van der Waals surface area contributed by atoms with Crippen molar-refractivity contribution in [3.8, 4) is 0 Å². The molecule has 1 aliphatic rings. The van der Waals surface area contributed by atoms with Gasteiger partial charge in [-0.25, -0.2) is 0 Å². The molecule has 1 aromatic carbocycles. The van der Waals surface area contributed by atoms with Crippen molar-refractivity contribution in [1.82, 2.24) is 10.2 Å². The molecule has 1 saturated heterocycles. The molecule has 0 radical (unpaired) electrons. The zero-order chi connectivity index (χ0) is 17.4. The van der Waals surface area contributed by atoms with E-state index >= 15 is 0 Å². The molecule has 0 saturated carbocycles. The van der Waals surface area contributed by atoms with Crippen LogP contribution in [0.4, 0.5) is 0 Å². The summed E-state index contributed by atoms with van der Waals surface area (Å²) in [5.41, 5.74) is 1.24. The Labute approximate surface area is 143 Å². The molecule has 2 atom stereocenters. The monoisotopic (exact) mass is 330 g/mol. The first-order chi connectivity index (χ1) is 11.6. The fourth-order valence-electron chi connectivity index (χ4n) is 2.87. The summed E-state index contributed by atoms with van der Waals surface area (Å²) in [5.74, 6) is -0.744. The number of esters is 1. The average Bonchev–Trinajstić information content (AvgIpc) is 2.60. The van der Waals surface area contributed by atoms with E-state index in [1.807, 2.05) is 18.2 Å². The third-order valence-corrected chi connectivity index (χ3v) is 4.17. The number of carbonyl (C=O) groups excluding carboxylic acids is 2. The highest BCUT2D eigenvalue weighted by Gasteiger charge is 2.29. The zero-order valence-corrected chi connectivity index (χ0v) is 14.2. The Balaban J connectivity index is 1.83. The number of hydrogen-bond acceptors (Lipinski definition) is 4. The smallest absolute Gasteiger partial charge is 0.311 e. The van der Waals surface area contributed by atoms with Crippen LogP contribution in [0.5, 0.6) is 0 Å². The molecule has 2 rings (SSSR count). The predicted octanol–water partition coefficient (Wildman–Crippen LogP) is 2.13. The molecule has 0 bridgehead atoms. The van der Waals surface area contributed by atoms with Crippen molar-refractivity contribution in [2.45, 2.75) is 32.4 Å². The van der Waals surface area contributed by atoms with Crippen LogP contribution in [0.3, 0.4) is 0 Å². The van der Waals surface area contributed by atoms with Crippen molar-refractivity contribution in [2.75, 3.05) is 19.6 Å². The highest BCUT2D eigenvalue weighted by Crippen LogP contribution is 2.20. The van der Waals surface area contributed by atoms with Gasteiger partial charge in [0.05, 0.1) is 5.92 Å². The minimum atomic E-state index is -0.776. The quantitative estimate of drug-likeness (QED) is 0.615. The van der Waals surface area contributed by atoms with Crippen LogP contribution in [0.2, 0.25) is 0 Å². The number of carbonyl (C=O) groups is 2. The lowest BCUT2D eigenvalue weighted by Crippen LogP contribution is -2.42. The van der Waals surface area contributed by atoms with Gasteiger partial charge in [-0.3, -0.25) is 14.5 Å². The summed E-state index contributed by atoms with van der Waals surface area (Å²) >= 11 is 0. The third-order valence-electron chi connectivity index (χ3n) is 4.17. The van der Waals surface area contributed by atoms with Crippen molar-refractivity contribution in [1.29, 1.82) is 0 Å². The minimum Gasteiger partial charge on any atom is -0.452 e. The van der Waals surface area contributed by atoms with E-state index in [4.69, 9.17) is 4.74 Å². The molecule has 1 amide bonds. The molecule has 130 valence electrons. The van der Waals surface area contributed by atoms with E-state index in [-0.39, 0.29) is 17.8 Å². The van der Waals surface area contributed by atoms with E-state index in [2.05, 4.69) is 28.9 Å². The van der Waals surface area contributed by atoms with Crippen LogP contribution < -0.4 is 5.32 Å². The van der Waals surface area contributed by atoms with Crippen LogP contribution in [0.1, 0.15) is 25.3 Å². The van der Waals surface area contributed by atoms with Gasteiger partial charge in [0.2, 0.25) is 0 Å². The number of nitrogens with zero attached hydrogens (tertiary/aromatic N) is 1. The van der Waals surface area contributed by atoms with E-state index in [1.54, 1.807) is 13.0 Å². The van der Waals surface area contributed by atoms with Gasteiger partial charge in [0.1, 0.15) is 0 Å². The highest BCUT2D eigenvalue weighted by atomic mass is 16.5. The summed E-state index contributed by atoms with van der Waals surface area (Å²) < 4.78 is 5.34. The number of hydrogen-bond donors (Lipinski definition) is 1. The largest absolute Gasteiger partial charge is 0.452 e. The SMILES string of the molecule is C=CCNC(=O)[C@@H](C)OC(=O)[C@H]1CCCN(Cc2ccccc2)C1. The van der Waals surface area contributed by atoms with E-state index in [1.165, 1.54) is 5.56 Å². The van der Waals surface area contributed by atoms with Crippen molar-refractivity contribution < 1.29 is 14.3 Å². The van der Waals surface area contributed by atoms with Gasteiger partial charge < -0.3 is 10.1 Å². The number of benzene rings is 1. The molecule has 5 heteroatoms. The molecule has 1 heterocycles. The van der Waals surface area contributed by atoms with Gasteiger partial charge in [0.15, 0.2) is 6.10 Å². The first-order valence-corrected chi connectivity index (χ1v) is 8.45. The Kier molecular flexibility index (Phi) is 7.00. The zero-order valence-electron chi connectivity index (χ0n) is 14.2. The first kappa shape index (κ1) is 18.2. The summed E-state index contributed by atoms with van der Waals surface area (Å²) in [5, 5.41) is 2.64. The van der Waals surface area contributed by atoms with Crippen LogP contribution >= 0.6 is 0 Å². The van der Waals surface area contributed by atoms with E-state index in [0.717, 1.165) is 25.9 Å². The standard InChI is InChI=1S/C19H26N2O3/c1-3-11-20-18(22)15(2)24-19(23)17-10-7-12-21(14-17)13-16-8-5-4-6-9-16/h3-6,8-9,15,17H,1,7,10-14H2,2H3,(H,20,22)/t15-,17+/m1/s1. The molecule has 1 fully saturated rings. The minimum absolute atomic E-state index is 0.169. The second-order valence-corrected chi connectivity index (χ2v) is 6.17. The molecule has 1 N–H and O–H groups in total. The summed E-state index contributed by atoms with van der Waals surface area (Å²) in [6.45, 7) is 8.00. The number of ether oxygens (including phenoxy) is 1. The average molecular weight is 330 g/mol. The topological polar surface area (TPSA) is 58.6 Å². The van der Waals surface area contributed by atoms with Crippen molar-refractivity contribution in [3.05, 3.63) is 48.6 Å². The molecular formula is C19H26N2O3. The number of likely N-dealkylation sites (tertiary alicyclic amines) is 1. The number of nitrogens with one attached hydrogen (secondary N) is 1. The van der Waals surface area contributed by atoms with Gasteiger partial charge in [-0.1, -0.05) is 36.4 Å². The molecule has 0 aliphatic carbocycles. The van der Waals surface area contributed by atoms with Crippen molar-refractivity contribution >= 4 is 11.9 Å². The molecule has 0 spiro atoms. The Hall–Kier alpha value is -2.14. The van der Waals surface area contributed by atoms with Crippen molar-refractivity contribution in [2.24, 2.45) is 5.92 Å². The van der Waals surface area contributed by atoms with Gasteiger partial charge in [-0.15, -0.1) is 6.58 Å². The maximum Gasteiger partial charge on any atom is 0.311 e. The second-order valence-electron chi connectivity index (χ2n) is 6.17. The summed E-state index contributed by atoms with van der Waals surface area (Å²) in [6, 6.07) is 10.2. The molecular weight excluding hydrogens is 304 g/mol. The first-order valence-electron chi connectivity index (χ1n) is 8.45. The number of piperidine rings is 1. The summed E-state index contributed by atoms with van der Waals surface area (Å²) in [7, 11) is 0. The Morgan fingerprint density at radius 1 is 1.42 bits per heavy atom. The fraction of sp³-hybridized carbons (Fsp3) is 0.474. The van der Waals surface area contributed by atoms with Gasteiger partial charge in [-0.2, -0.15) is 0 Å². The third kappa shape index (κ3) is 5.49. The van der Waals surface area contributed by atoms with Crippen LogP contribution in [0, 0.1) is 5.92 Å². The van der Waals surface area contributed by atoms with Gasteiger partial charge in [0, 0.05) is 19.6 Å². The number of rotatable bonds is 7. The predicted molar refractivity (Wildman–Crippen MR) is 93.2 cm³/mol. The lowest BCUT2D eigenvalue weighted by Gasteiger charge is -2.32. The number of amides is 1. The Morgan fingerprint density at radius 3 is 2.88 bits per heavy atom. The molecule has 0 unspecified atom stereocenters. The summed E-state index contributed by atoms with van der Waals surface area (Å²) in [4.78, 5) is 26.4. The van der Waals surface area contributed by atoms with Crippen LogP contribution in [-0.2, 0) is 20.9 Å². The lowest BCUT2D eigenvalue weighted by atomic mass is 9.97. The maximum absolute atomic E-state index is 12.3. The molecule has 1 aliphatic heterocycles. The van der Waals surface area contributed by atoms with Crippen LogP contribution in [0.15, 0.2) is 43.0 Å². The maximum atomic E-state index is 12.3. The lowest BCUT2D eigenvalue weighted by molar-refractivity contribution is -0.160. The Bertz CT molecular complexity index is 559. The van der Waals surface area contributed by atoms with Gasteiger partial charge in [-0.05, 0) is 31.9 Å². The highest BCUT2D eigenvalue weighted by molar-refractivity contribution is 5.84. The molecule has 24 heavy (non-hydrogen) atoms. The molecule has 5 nitrogen and oxygen atoms in total. The van der Waals surface area contributed by atoms with Gasteiger partial charge in [0.25, 0.3) is 5.91 Å².